The van der Waals surface area contributed by atoms with Crippen LogP contribution in [0.15, 0.2) is 24.5 Å². The molecule has 3 heterocycles. The zero-order chi connectivity index (χ0) is 14.7. The van der Waals surface area contributed by atoms with Gasteiger partial charge in [0, 0.05) is 50.5 Å². The van der Waals surface area contributed by atoms with Crippen LogP contribution in [0.4, 0.5) is 0 Å². The Labute approximate surface area is 124 Å². The van der Waals surface area contributed by atoms with E-state index in [-0.39, 0.29) is 12.6 Å². The van der Waals surface area contributed by atoms with Gasteiger partial charge < -0.3 is 9.84 Å². The summed E-state index contributed by atoms with van der Waals surface area (Å²) in [5.41, 5.74) is 1.24. The van der Waals surface area contributed by atoms with Gasteiger partial charge in [-0.2, -0.15) is 0 Å². The van der Waals surface area contributed by atoms with E-state index in [0.29, 0.717) is 12.5 Å². The van der Waals surface area contributed by atoms with E-state index in [1.165, 1.54) is 5.56 Å². The molecular weight excluding hydrogens is 270 g/mol. The number of pyridine rings is 1. The third-order valence-corrected chi connectivity index (χ3v) is 4.15. The largest absolute Gasteiger partial charge is 0.480 e. The second-order valence-electron chi connectivity index (χ2n) is 5.93. The Kier molecular flexibility index (Phi) is 4.48. The van der Waals surface area contributed by atoms with Crippen molar-refractivity contribution in [2.24, 2.45) is 5.92 Å². The smallest absolute Gasteiger partial charge is 0.317 e. The van der Waals surface area contributed by atoms with Crippen LogP contribution in [0.1, 0.15) is 5.56 Å². The lowest BCUT2D eigenvalue weighted by Gasteiger charge is -2.30. The van der Waals surface area contributed by atoms with Gasteiger partial charge in [0.25, 0.3) is 0 Å². The van der Waals surface area contributed by atoms with Crippen LogP contribution in [0.5, 0.6) is 0 Å². The van der Waals surface area contributed by atoms with Crippen molar-refractivity contribution in [3.8, 4) is 0 Å². The average Bonchev–Trinajstić information content (AvgIpc) is 2.69. The van der Waals surface area contributed by atoms with Crippen molar-refractivity contribution in [3.05, 3.63) is 30.1 Å². The normalized spacial score (nSPS) is 27.2. The molecule has 0 amide bonds. The molecule has 1 N–H and O–H groups in total. The molecule has 2 aliphatic heterocycles. The summed E-state index contributed by atoms with van der Waals surface area (Å²) in [4.78, 5) is 19.5. The van der Waals surface area contributed by atoms with Gasteiger partial charge >= 0.3 is 5.97 Å². The van der Waals surface area contributed by atoms with E-state index in [1.807, 2.05) is 29.4 Å². The third kappa shape index (κ3) is 3.78. The highest BCUT2D eigenvalue weighted by atomic mass is 16.5. The van der Waals surface area contributed by atoms with Gasteiger partial charge in [0.05, 0.1) is 19.8 Å². The minimum atomic E-state index is -0.753. The van der Waals surface area contributed by atoms with Crippen molar-refractivity contribution in [2.45, 2.75) is 12.6 Å². The lowest BCUT2D eigenvalue weighted by atomic mass is 10.1. The number of carboxylic acid groups (broad SMARTS) is 1. The van der Waals surface area contributed by atoms with Crippen LogP contribution >= 0.6 is 0 Å². The van der Waals surface area contributed by atoms with Crippen LogP contribution in [0.3, 0.4) is 0 Å². The van der Waals surface area contributed by atoms with E-state index < -0.39 is 5.97 Å². The number of rotatable bonds is 4. The number of nitrogens with zero attached hydrogens (tertiary/aromatic N) is 3. The minimum absolute atomic E-state index is 0.121. The van der Waals surface area contributed by atoms with E-state index in [9.17, 15) is 4.79 Å². The SMILES string of the molecule is O=C(O)CN1C[C@@H]2COC[C@H](C1)N(Cc1ccncc1)C2. The van der Waals surface area contributed by atoms with Gasteiger partial charge in [0.15, 0.2) is 0 Å². The molecule has 3 rings (SSSR count). The summed E-state index contributed by atoms with van der Waals surface area (Å²) >= 11 is 0. The highest BCUT2D eigenvalue weighted by Gasteiger charge is 2.33. The zero-order valence-electron chi connectivity index (χ0n) is 12.0. The molecule has 2 bridgehead atoms. The molecule has 2 aliphatic rings. The summed E-state index contributed by atoms with van der Waals surface area (Å²) in [5, 5.41) is 9.03. The lowest BCUT2D eigenvalue weighted by molar-refractivity contribution is -0.138. The summed E-state index contributed by atoms with van der Waals surface area (Å²) in [6.07, 6.45) is 3.62. The zero-order valence-corrected chi connectivity index (χ0v) is 12.0. The lowest BCUT2D eigenvalue weighted by Crippen LogP contribution is -2.44. The molecule has 0 saturated carbocycles. The van der Waals surface area contributed by atoms with Gasteiger partial charge in [-0.25, -0.2) is 0 Å². The van der Waals surface area contributed by atoms with Crippen molar-refractivity contribution in [2.75, 3.05) is 39.4 Å². The summed E-state index contributed by atoms with van der Waals surface area (Å²) < 4.78 is 5.75. The van der Waals surface area contributed by atoms with Crippen LogP contribution in [0.25, 0.3) is 0 Å². The predicted molar refractivity (Wildman–Crippen MR) is 76.8 cm³/mol. The summed E-state index contributed by atoms with van der Waals surface area (Å²) in [6, 6.07) is 4.32. The molecule has 0 radical (unpaired) electrons. The van der Waals surface area contributed by atoms with Crippen molar-refractivity contribution < 1.29 is 14.6 Å². The Hall–Kier alpha value is -1.50. The fourth-order valence-corrected chi connectivity index (χ4v) is 3.26. The van der Waals surface area contributed by atoms with E-state index in [1.54, 1.807) is 0 Å². The standard InChI is InChI=1S/C15H21N3O3/c19-15(20)9-17-5-13-7-18(14(8-17)11-21-10-13)6-12-1-3-16-4-2-12/h1-4,13-14H,5-11H2,(H,19,20)/t13-,14-/m0/s1. The molecule has 6 nitrogen and oxygen atoms in total. The van der Waals surface area contributed by atoms with Crippen LogP contribution < -0.4 is 0 Å². The van der Waals surface area contributed by atoms with Crippen molar-refractivity contribution in [1.82, 2.24) is 14.8 Å². The monoisotopic (exact) mass is 291 g/mol. The maximum atomic E-state index is 11.0. The maximum absolute atomic E-state index is 11.0. The first-order chi connectivity index (χ1) is 10.2. The molecule has 0 aromatic carbocycles. The molecule has 1 aromatic heterocycles. The Balaban J connectivity index is 1.72. The molecule has 2 saturated heterocycles. The van der Waals surface area contributed by atoms with Gasteiger partial charge in [-0.05, 0) is 17.7 Å². The fourth-order valence-electron chi connectivity index (χ4n) is 3.26. The van der Waals surface area contributed by atoms with Crippen molar-refractivity contribution >= 4 is 5.97 Å². The van der Waals surface area contributed by atoms with Crippen molar-refractivity contribution in [3.63, 3.8) is 0 Å². The fraction of sp³-hybridized carbons (Fsp3) is 0.600. The summed E-state index contributed by atoms with van der Waals surface area (Å²) in [6.45, 7) is 4.91. The Morgan fingerprint density at radius 1 is 1.29 bits per heavy atom. The number of hydrogen-bond donors (Lipinski definition) is 1. The van der Waals surface area contributed by atoms with Crippen LogP contribution in [0, 0.1) is 5.92 Å². The molecule has 0 aliphatic carbocycles. The van der Waals surface area contributed by atoms with Gasteiger partial charge in [-0.15, -0.1) is 0 Å². The number of ether oxygens (including phenoxy) is 1. The highest BCUT2D eigenvalue weighted by Crippen LogP contribution is 2.21. The minimum Gasteiger partial charge on any atom is -0.480 e. The quantitative estimate of drug-likeness (QED) is 0.860. The molecular formula is C15H21N3O3. The molecule has 1 aromatic rings. The summed E-state index contributed by atoms with van der Waals surface area (Å²) in [5.74, 6) is -0.379. The van der Waals surface area contributed by atoms with Crippen LogP contribution in [-0.4, -0.2) is 71.3 Å². The van der Waals surface area contributed by atoms with Gasteiger partial charge in [0.2, 0.25) is 0 Å². The third-order valence-electron chi connectivity index (χ3n) is 4.15. The number of carbonyl (C=O) groups is 1. The highest BCUT2D eigenvalue weighted by molar-refractivity contribution is 5.69. The van der Waals surface area contributed by atoms with Crippen molar-refractivity contribution in [1.29, 1.82) is 0 Å². The molecule has 114 valence electrons. The molecule has 0 unspecified atom stereocenters. The predicted octanol–water partition coefficient (Wildman–Crippen LogP) is 0.299. The molecule has 2 fully saturated rings. The second kappa shape index (κ2) is 6.51. The maximum Gasteiger partial charge on any atom is 0.317 e. The molecule has 6 heteroatoms. The van der Waals surface area contributed by atoms with E-state index in [2.05, 4.69) is 9.88 Å². The van der Waals surface area contributed by atoms with E-state index >= 15 is 0 Å². The van der Waals surface area contributed by atoms with Gasteiger partial charge in [-0.3, -0.25) is 19.6 Å². The van der Waals surface area contributed by atoms with Gasteiger partial charge in [0.1, 0.15) is 0 Å². The number of fused-ring (bicyclic) bond motifs is 3. The van der Waals surface area contributed by atoms with Gasteiger partial charge in [-0.1, -0.05) is 0 Å². The van der Waals surface area contributed by atoms with Crippen LogP contribution in [0.2, 0.25) is 0 Å². The first-order valence-electron chi connectivity index (χ1n) is 7.35. The van der Waals surface area contributed by atoms with E-state index in [0.717, 1.165) is 32.8 Å². The molecule has 2 atom stereocenters. The Bertz CT molecular complexity index is 482. The molecule has 0 spiro atoms. The second-order valence-corrected chi connectivity index (χ2v) is 5.93. The summed E-state index contributed by atoms with van der Waals surface area (Å²) in [7, 11) is 0. The Morgan fingerprint density at radius 3 is 2.86 bits per heavy atom. The van der Waals surface area contributed by atoms with E-state index in [4.69, 9.17) is 9.84 Å². The topological polar surface area (TPSA) is 65.9 Å². The molecule has 21 heavy (non-hydrogen) atoms. The van der Waals surface area contributed by atoms with Crippen LogP contribution in [-0.2, 0) is 16.1 Å². The number of hydrogen-bond acceptors (Lipinski definition) is 5. The first kappa shape index (κ1) is 14.4. The Morgan fingerprint density at radius 2 is 2.10 bits per heavy atom. The number of aliphatic carboxylic acids is 1. The average molecular weight is 291 g/mol. The first-order valence-corrected chi connectivity index (χ1v) is 7.35. The number of carboxylic acids is 1. The number of aromatic nitrogens is 1.